The number of amides is 1. The van der Waals surface area contributed by atoms with Gasteiger partial charge in [0.1, 0.15) is 5.76 Å². The van der Waals surface area contributed by atoms with Crippen LogP contribution in [-0.2, 0) is 11.3 Å². The molecule has 1 aromatic heterocycles. The van der Waals surface area contributed by atoms with Gasteiger partial charge in [-0.25, -0.2) is 0 Å². The molecule has 4 nitrogen and oxygen atoms in total. The minimum atomic E-state index is -0.103. The highest BCUT2D eigenvalue weighted by atomic mass is 79.9. The summed E-state index contributed by atoms with van der Waals surface area (Å²) in [4.78, 5) is 13.9. The summed E-state index contributed by atoms with van der Waals surface area (Å²) in [6.07, 6.45) is 0.821. The van der Waals surface area contributed by atoms with E-state index in [1.807, 2.05) is 12.1 Å². The monoisotopic (exact) mass is 316 g/mol. The Labute approximate surface area is 117 Å². The predicted octanol–water partition coefficient (Wildman–Crippen LogP) is 2.62. The van der Waals surface area contributed by atoms with Gasteiger partial charge < -0.3 is 15.1 Å². The maximum atomic E-state index is 12.2. The van der Waals surface area contributed by atoms with Crippen LogP contribution in [0.5, 0.6) is 0 Å². The Balaban J connectivity index is 2.59. The van der Waals surface area contributed by atoms with Gasteiger partial charge in [-0.1, -0.05) is 13.8 Å². The lowest BCUT2D eigenvalue weighted by atomic mass is 9.96. The normalized spacial score (nSPS) is 12.8. The molecular weight excluding hydrogens is 296 g/mol. The standard InChI is InChI=1S/C13H21BrN2O2/c1-9(2)6-10(7-15)13(17)16(3)8-11-4-5-12(14)18-11/h4-5,9-10H,6-8,15H2,1-3H3. The maximum Gasteiger partial charge on any atom is 0.227 e. The molecule has 0 aromatic carbocycles. The van der Waals surface area contributed by atoms with Gasteiger partial charge in [-0.3, -0.25) is 4.79 Å². The van der Waals surface area contributed by atoms with Crippen LogP contribution in [0.4, 0.5) is 0 Å². The summed E-state index contributed by atoms with van der Waals surface area (Å²) in [5.41, 5.74) is 5.68. The third-order valence-electron chi connectivity index (χ3n) is 2.79. The van der Waals surface area contributed by atoms with Crippen LogP contribution in [0.15, 0.2) is 21.2 Å². The lowest BCUT2D eigenvalue weighted by Gasteiger charge is -2.23. The van der Waals surface area contributed by atoms with E-state index in [9.17, 15) is 4.79 Å². The Morgan fingerprint density at radius 3 is 2.61 bits per heavy atom. The highest BCUT2D eigenvalue weighted by Crippen LogP contribution is 2.18. The summed E-state index contributed by atoms with van der Waals surface area (Å²) in [5.74, 6) is 1.21. The number of nitrogens with two attached hydrogens (primary N) is 1. The first-order valence-electron chi connectivity index (χ1n) is 6.13. The van der Waals surface area contributed by atoms with E-state index in [1.165, 1.54) is 0 Å². The summed E-state index contributed by atoms with van der Waals surface area (Å²) in [5, 5.41) is 0. The molecule has 1 rings (SSSR count). The smallest absolute Gasteiger partial charge is 0.227 e. The van der Waals surface area contributed by atoms with Crippen molar-refractivity contribution in [3.05, 3.63) is 22.6 Å². The Morgan fingerprint density at radius 1 is 1.50 bits per heavy atom. The van der Waals surface area contributed by atoms with Crippen molar-refractivity contribution in [3.8, 4) is 0 Å². The number of rotatable bonds is 6. The summed E-state index contributed by atoms with van der Waals surface area (Å²) in [6, 6.07) is 3.68. The van der Waals surface area contributed by atoms with Crippen LogP contribution in [0, 0.1) is 11.8 Å². The largest absolute Gasteiger partial charge is 0.452 e. The Kier molecular flexibility index (Phi) is 5.88. The van der Waals surface area contributed by atoms with E-state index in [1.54, 1.807) is 11.9 Å². The van der Waals surface area contributed by atoms with Crippen molar-refractivity contribution in [1.29, 1.82) is 0 Å². The van der Waals surface area contributed by atoms with Gasteiger partial charge in [0.05, 0.1) is 12.5 Å². The molecule has 0 bridgehead atoms. The van der Waals surface area contributed by atoms with Crippen LogP contribution in [0.25, 0.3) is 0 Å². The molecule has 0 saturated heterocycles. The van der Waals surface area contributed by atoms with E-state index in [0.717, 1.165) is 12.2 Å². The molecule has 0 aliphatic rings. The average molecular weight is 317 g/mol. The van der Waals surface area contributed by atoms with Crippen LogP contribution >= 0.6 is 15.9 Å². The highest BCUT2D eigenvalue weighted by Gasteiger charge is 2.22. The van der Waals surface area contributed by atoms with Crippen molar-refractivity contribution in [2.75, 3.05) is 13.6 Å². The first-order chi connectivity index (χ1) is 8.43. The first-order valence-corrected chi connectivity index (χ1v) is 6.92. The van der Waals surface area contributed by atoms with Crippen molar-refractivity contribution >= 4 is 21.8 Å². The second-order valence-corrected chi connectivity index (χ2v) is 5.74. The molecule has 0 saturated carbocycles. The molecule has 2 N–H and O–H groups in total. The van der Waals surface area contributed by atoms with Crippen LogP contribution in [0.3, 0.4) is 0 Å². The molecule has 0 spiro atoms. The quantitative estimate of drug-likeness (QED) is 0.877. The lowest BCUT2D eigenvalue weighted by molar-refractivity contribution is -0.135. The molecule has 1 atom stereocenters. The Morgan fingerprint density at radius 2 is 2.17 bits per heavy atom. The zero-order valence-corrected chi connectivity index (χ0v) is 12.7. The van der Waals surface area contributed by atoms with Gasteiger partial charge in [0.2, 0.25) is 5.91 Å². The zero-order valence-electron chi connectivity index (χ0n) is 11.1. The number of carbonyl (C=O) groups is 1. The third-order valence-corrected chi connectivity index (χ3v) is 3.21. The molecule has 0 radical (unpaired) electrons. The van der Waals surface area contributed by atoms with Crippen LogP contribution in [0.1, 0.15) is 26.0 Å². The second-order valence-electron chi connectivity index (χ2n) is 4.96. The third kappa shape index (κ3) is 4.46. The highest BCUT2D eigenvalue weighted by molar-refractivity contribution is 9.10. The Hall–Kier alpha value is -0.810. The van der Waals surface area contributed by atoms with E-state index >= 15 is 0 Å². The van der Waals surface area contributed by atoms with Crippen LogP contribution < -0.4 is 5.73 Å². The van der Waals surface area contributed by atoms with Crippen molar-refractivity contribution < 1.29 is 9.21 Å². The van der Waals surface area contributed by atoms with E-state index in [4.69, 9.17) is 10.2 Å². The topological polar surface area (TPSA) is 59.5 Å². The van der Waals surface area contributed by atoms with Gasteiger partial charge in [0.15, 0.2) is 4.67 Å². The number of carbonyl (C=O) groups excluding carboxylic acids is 1. The lowest BCUT2D eigenvalue weighted by Crippen LogP contribution is -2.36. The number of nitrogens with zero attached hydrogens (tertiary/aromatic N) is 1. The minimum absolute atomic E-state index is 0.0822. The van der Waals surface area contributed by atoms with Crippen molar-refractivity contribution in [2.24, 2.45) is 17.6 Å². The molecular formula is C13H21BrN2O2. The van der Waals surface area contributed by atoms with E-state index in [2.05, 4.69) is 29.8 Å². The summed E-state index contributed by atoms with van der Waals surface area (Å²) < 4.78 is 6.07. The van der Waals surface area contributed by atoms with E-state index in [-0.39, 0.29) is 11.8 Å². The number of hydrogen-bond donors (Lipinski definition) is 1. The fourth-order valence-electron chi connectivity index (χ4n) is 1.93. The summed E-state index contributed by atoms with van der Waals surface area (Å²) in [7, 11) is 1.78. The van der Waals surface area contributed by atoms with Crippen LogP contribution in [0.2, 0.25) is 0 Å². The van der Waals surface area contributed by atoms with Crippen molar-refractivity contribution in [1.82, 2.24) is 4.90 Å². The molecule has 1 aromatic rings. The van der Waals surface area contributed by atoms with Gasteiger partial charge >= 0.3 is 0 Å². The summed E-state index contributed by atoms with van der Waals surface area (Å²) in [6.45, 7) is 5.06. The molecule has 0 fully saturated rings. The maximum absolute atomic E-state index is 12.2. The molecule has 1 amide bonds. The number of furan rings is 1. The van der Waals surface area contributed by atoms with Crippen LogP contribution in [-0.4, -0.2) is 24.4 Å². The summed E-state index contributed by atoms with van der Waals surface area (Å²) >= 11 is 3.24. The average Bonchev–Trinajstić information content (AvgIpc) is 2.70. The Bertz CT molecular complexity index is 390. The van der Waals surface area contributed by atoms with Gasteiger partial charge in [0.25, 0.3) is 0 Å². The fourth-order valence-corrected chi connectivity index (χ4v) is 2.27. The predicted molar refractivity (Wildman–Crippen MR) is 74.9 cm³/mol. The molecule has 18 heavy (non-hydrogen) atoms. The number of halogens is 1. The molecule has 0 aliphatic heterocycles. The van der Waals surface area contributed by atoms with E-state index in [0.29, 0.717) is 23.7 Å². The fraction of sp³-hybridized carbons (Fsp3) is 0.615. The molecule has 0 aliphatic carbocycles. The van der Waals surface area contributed by atoms with Crippen molar-refractivity contribution in [3.63, 3.8) is 0 Å². The van der Waals surface area contributed by atoms with Gasteiger partial charge in [-0.2, -0.15) is 0 Å². The van der Waals surface area contributed by atoms with E-state index < -0.39 is 0 Å². The molecule has 1 unspecified atom stereocenters. The zero-order chi connectivity index (χ0) is 13.7. The van der Waals surface area contributed by atoms with Crippen molar-refractivity contribution in [2.45, 2.75) is 26.8 Å². The molecule has 1 heterocycles. The second kappa shape index (κ2) is 6.95. The first kappa shape index (κ1) is 15.2. The van der Waals surface area contributed by atoms with Gasteiger partial charge in [-0.15, -0.1) is 0 Å². The SMILES string of the molecule is CC(C)CC(CN)C(=O)N(C)Cc1ccc(Br)o1. The van der Waals surface area contributed by atoms with Gasteiger partial charge in [0, 0.05) is 13.6 Å². The minimum Gasteiger partial charge on any atom is -0.452 e. The molecule has 5 heteroatoms. The molecule has 102 valence electrons. The number of hydrogen-bond acceptors (Lipinski definition) is 3. The van der Waals surface area contributed by atoms with Gasteiger partial charge in [-0.05, 0) is 40.4 Å².